The molecule has 0 aliphatic carbocycles. The normalized spacial score (nSPS) is 11.1. The van der Waals surface area contributed by atoms with Gasteiger partial charge >= 0.3 is 0 Å². The predicted molar refractivity (Wildman–Crippen MR) is 67.7 cm³/mol. The summed E-state index contributed by atoms with van der Waals surface area (Å²) in [6, 6.07) is 2.01. The first-order valence-electron chi connectivity index (χ1n) is 4.66. The maximum Gasteiger partial charge on any atom is 0.182 e. The summed E-state index contributed by atoms with van der Waals surface area (Å²) >= 11 is 3.14. The molecule has 0 amide bonds. The van der Waals surface area contributed by atoms with Gasteiger partial charge in [-0.3, -0.25) is 0 Å². The highest BCUT2D eigenvalue weighted by Gasteiger charge is 2.10. The lowest BCUT2D eigenvalue weighted by Gasteiger charge is -1.98. The Morgan fingerprint density at radius 3 is 2.94 bits per heavy atom. The number of aromatic nitrogens is 3. The lowest BCUT2D eigenvalue weighted by molar-refractivity contribution is 1.21. The van der Waals surface area contributed by atoms with Crippen LogP contribution in [0.15, 0.2) is 17.0 Å². The molecule has 2 N–H and O–H groups in total. The van der Waals surface area contributed by atoms with E-state index in [0.717, 1.165) is 15.9 Å². The number of thiazole rings is 1. The smallest absolute Gasteiger partial charge is 0.182 e. The number of rotatable bonds is 1. The SMILES string of the molecule is Cc1cc2c(N)nc(-c3cscn3)nc2s1. The van der Waals surface area contributed by atoms with Crippen LogP contribution in [0.25, 0.3) is 21.7 Å². The van der Waals surface area contributed by atoms with Crippen molar-refractivity contribution < 1.29 is 0 Å². The van der Waals surface area contributed by atoms with Gasteiger partial charge < -0.3 is 5.73 Å². The molecule has 0 radical (unpaired) electrons. The van der Waals surface area contributed by atoms with Crippen molar-refractivity contribution in [1.82, 2.24) is 15.0 Å². The predicted octanol–water partition coefficient (Wildman–Crippen LogP) is 2.71. The molecular formula is C10H8N4S2. The van der Waals surface area contributed by atoms with Gasteiger partial charge in [0.25, 0.3) is 0 Å². The van der Waals surface area contributed by atoms with Crippen LogP contribution in [-0.2, 0) is 0 Å². The summed E-state index contributed by atoms with van der Waals surface area (Å²) in [5.74, 6) is 1.13. The van der Waals surface area contributed by atoms with Crippen molar-refractivity contribution in [2.75, 3.05) is 5.73 Å². The molecule has 4 nitrogen and oxygen atoms in total. The molecule has 0 aliphatic rings. The second-order valence-corrected chi connectivity index (χ2v) is 5.34. The Hall–Kier alpha value is -1.53. The molecule has 0 aromatic carbocycles. The Bertz CT molecular complexity index is 642. The number of thiophene rings is 1. The molecular weight excluding hydrogens is 240 g/mol. The standard InChI is InChI=1S/C10H8N4S2/c1-5-2-6-8(11)13-9(14-10(6)16-5)7-3-15-4-12-7/h2-4H,1H3,(H2,11,13,14). The molecule has 80 valence electrons. The van der Waals surface area contributed by atoms with Crippen molar-refractivity contribution in [2.24, 2.45) is 0 Å². The number of fused-ring (bicyclic) bond motifs is 1. The van der Waals surface area contributed by atoms with E-state index in [4.69, 9.17) is 5.73 Å². The van der Waals surface area contributed by atoms with Gasteiger partial charge in [0.15, 0.2) is 5.82 Å². The van der Waals surface area contributed by atoms with Gasteiger partial charge in [0.05, 0.1) is 10.9 Å². The zero-order valence-electron chi connectivity index (χ0n) is 8.47. The number of hydrogen-bond acceptors (Lipinski definition) is 6. The van der Waals surface area contributed by atoms with Gasteiger partial charge in [-0.1, -0.05) is 0 Å². The molecule has 3 aromatic heterocycles. The number of hydrogen-bond donors (Lipinski definition) is 1. The Morgan fingerprint density at radius 1 is 1.31 bits per heavy atom. The van der Waals surface area contributed by atoms with Crippen LogP contribution in [0.2, 0.25) is 0 Å². The molecule has 0 unspecified atom stereocenters. The highest BCUT2D eigenvalue weighted by atomic mass is 32.1. The molecule has 0 bridgehead atoms. The van der Waals surface area contributed by atoms with E-state index in [-0.39, 0.29) is 0 Å². The summed E-state index contributed by atoms with van der Waals surface area (Å²) in [7, 11) is 0. The molecule has 3 rings (SSSR count). The van der Waals surface area contributed by atoms with E-state index in [0.29, 0.717) is 11.6 Å². The largest absolute Gasteiger partial charge is 0.383 e. The van der Waals surface area contributed by atoms with Crippen LogP contribution in [-0.4, -0.2) is 15.0 Å². The van der Waals surface area contributed by atoms with Crippen molar-refractivity contribution in [3.05, 3.63) is 21.8 Å². The third-order valence-corrected chi connectivity index (χ3v) is 3.74. The van der Waals surface area contributed by atoms with Crippen molar-refractivity contribution in [3.63, 3.8) is 0 Å². The van der Waals surface area contributed by atoms with Crippen molar-refractivity contribution in [1.29, 1.82) is 0 Å². The summed E-state index contributed by atoms with van der Waals surface area (Å²) in [5, 5.41) is 2.85. The second kappa shape index (κ2) is 3.50. The van der Waals surface area contributed by atoms with Crippen LogP contribution in [0.5, 0.6) is 0 Å². The minimum Gasteiger partial charge on any atom is -0.383 e. The minimum absolute atomic E-state index is 0.525. The monoisotopic (exact) mass is 248 g/mol. The first-order valence-corrected chi connectivity index (χ1v) is 6.42. The average molecular weight is 248 g/mol. The van der Waals surface area contributed by atoms with E-state index in [2.05, 4.69) is 15.0 Å². The van der Waals surface area contributed by atoms with Crippen LogP contribution in [0.3, 0.4) is 0 Å². The summed E-state index contributed by atoms with van der Waals surface area (Å²) in [6.07, 6.45) is 0. The third-order valence-electron chi connectivity index (χ3n) is 2.21. The lowest BCUT2D eigenvalue weighted by Crippen LogP contribution is -1.95. The van der Waals surface area contributed by atoms with E-state index >= 15 is 0 Å². The zero-order chi connectivity index (χ0) is 11.1. The molecule has 0 atom stereocenters. The number of aryl methyl sites for hydroxylation is 1. The van der Waals surface area contributed by atoms with Gasteiger partial charge in [0, 0.05) is 10.3 Å². The summed E-state index contributed by atoms with van der Waals surface area (Å²) < 4.78 is 0. The number of anilines is 1. The van der Waals surface area contributed by atoms with Gasteiger partial charge in [-0.15, -0.1) is 22.7 Å². The number of nitrogen functional groups attached to an aromatic ring is 1. The van der Waals surface area contributed by atoms with E-state index in [1.165, 1.54) is 16.2 Å². The van der Waals surface area contributed by atoms with Crippen LogP contribution < -0.4 is 5.73 Å². The van der Waals surface area contributed by atoms with Gasteiger partial charge in [-0.2, -0.15) is 0 Å². The van der Waals surface area contributed by atoms with Gasteiger partial charge in [0.1, 0.15) is 16.3 Å². The van der Waals surface area contributed by atoms with Crippen LogP contribution >= 0.6 is 22.7 Å². The van der Waals surface area contributed by atoms with E-state index in [1.807, 2.05) is 18.4 Å². The Labute approximate surface area is 99.8 Å². The lowest BCUT2D eigenvalue weighted by atomic mass is 10.3. The van der Waals surface area contributed by atoms with E-state index < -0.39 is 0 Å². The number of nitrogens with zero attached hydrogens (tertiary/aromatic N) is 3. The van der Waals surface area contributed by atoms with Crippen molar-refractivity contribution >= 4 is 38.7 Å². The topological polar surface area (TPSA) is 64.7 Å². The Kier molecular flexibility index (Phi) is 2.12. The van der Waals surface area contributed by atoms with Crippen LogP contribution in [0, 0.1) is 6.92 Å². The van der Waals surface area contributed by atoms with E-state index in [9.17, 15) is 0 Å². The van der Waals surface area contributed by atoms with Gasteiger partial charge in [0.2, 0.25) is 0 Å². The molecule has 0 saturated heterocycles. The quantitative estimate of drug-likeness (QED) is 0.719. The second-order valence-electron chi connectivity index (χ2n) is 3.38. The Morgan fingerprint density at radius 2 is 2.19 bits per heavy atom. The fourth-order valence-electron chi connectivity index (χ4n) is 1.50. The molecule has 0 saturated carbocycles. The Balaban J connectivity index is 2.28. The fraction of sp³-hybridized carbons (Fsp3) is 0.100. The molecule has 6 heteroatoms. The summed E-state index contributed by atoms with van der Waals surface area (Å²) in [6.45, 7) is 2.04. The first-order chi connectivity index (χ1) is 7.74. The van der Waals surface area contributed by atoms with Crippen LogP contribution in [0.1, 0.15) is 4.88 Å². The molecule has 16 heavy (non-hydrogen) atoms. The van der Waals surface area contributed by atoms with E-state index in [1.54, 1.807) is 16.8 Å². The van der Waals surface area contributed by atoms with Gasteiger partial charge in [-0.05, 0) is 13.0 Å². The van der Waals surface area contributed by atoms with Crippen molar-refractivity contribution in [2.45, 2.75) is 6.92 Å². The van der Waals surface area contributed by atoms with Gasteiger partial charge in [-0.25, -0.2) is 15.0 Å². The maximum absolute atomic E-state index is 5.91. The third kappa shape index (κ3) is 1.46. The average Bonchev–Trinajstić information content (AvgIpc) is 2.84. The molecule has 0 aliphatic heterocycles. The molecule has 0 fully saturated rings. The summed E-state index contributed by atoms with van der Waals surface area (Å²) in [4.78, 5) is 15.0. The molecule has 3 aromatic rings. The highest BCUT2D eigenvalue weighted by Crippen LogP contribution is 2.29. The molecule has 3 heterocycles. The molecule has 0 spiro atoms. The number of nitrogens with two attached hydrogens (primary N) is 1. The first kappa shape index (κ1) is 9.68. The minimum atomic E-state index is 0.525. The highest BCUT2D eigenvalue weighted by molar-refractivity contribution is 7.18. The zero-order valence-corrected chi connectivity index (χ0v) is 10.1. The fourth-order valence-corrected chi connectivity index (χ4v) is 2.92. The summed E-state index contributed by atoms with van der Waals surface area (Å²) in [5.41, 5.74) is 8.45. The van der Waals surface area contributed by atoms with Crippen LogP contribution in [0.4, 0.5) is 5.82 Å². The maximum atomic E-state index is 5.91. The van der Waals surface area contributed by atoms with Crippen molar-refractivity contribution in [3.8, 4) is 11.5 Å².